The largest absolute Gasteiger partial charge is 0.494 e. The summed E-state index contributed by atoms with van der Waals surface area (Å²) in [5.74, 6) is 1.58. The second kappa shape index (κ2) is 24.1. The summed E-state index contributed by atoms with van der Waals surface area (Å²) in [7, 11) is 0. The zero-order valence-electron chi connectivity index (χ0n) is 26.7. The predicted octanol–water partition coefficient (Wildman–Crippen LogP) is 9.28. The summed E-state index contributed by atoms with van der Waals surface area (Å²) in [5.41, 5.74) is 1.50. The van der Waals surface area contributed by atoms with Crippen molar-refractivity contribution in [3.8, 4) is 11.5 Å². The molecule has 2 aromatic carbocycles. The first-order chi connectivity index (χ1) is 21.1. The number of carbonyl (C=O) groups is 2. The fourth-order valence-electron chi connectivity index (χ4n) is 4.60. The third kappa shape index (κ3) is 18.7. The minimum atomic E-state index is -0.168. The lowest BCUT2D eigenvalue weighted by Crippen LogP contribution is -2.29. The highest BCUT2D eigenvalue weighted by Crippen LogP contribution is 2.18. The molecule has 240 valence electrons. The molecule has 0 aromatic heterocycles. The maximum absolute atomic E-state index is 12.1. The van der Waals surface area contributed by atoms with Crippen LogP contribution in [-0.2, 0) is 0 Å². The van der Waals surface area contributed by atoms with Gasteiger partial charge in [0.1, 0.15) is 11.5 Å². The first-order valence-electron chi connectivity index (χ1n) is 16.7. The number of benzene rings is 2. The Morgan fingerprint density at radius 2 is 0.837 bits per heavy atom. The van der Waals surface area contributed by atoms with E-state index >= 15 is 0 Å². The number of urea groups is 2. The van der Waals surface area contributed by atoms with Crippen LogP contribution in [0, 0.1) is 0 Å². The van der Waals surface area contributed by atoms with Crippen molar-refractivity contribution in [1.82, 2.24) is 10.6 Å². The van der Waals surface area contributed by atoms with Gasteiger partial charge in [-0.15, -0.1) is 0 Å². The number of carbonyl (C=O) groups excluding carboxylic acids is 2. The van der Waals surface area contributed by atoms with Gasteiger partial charge in [0.15, 0.2) is 0 Å². The lowest BCUT2D eigenvalue weighted by Gasteiger charge is -2.10. The lowest BCUT2D eigenvalue weighted by atomic mass is 10.1. The molecule has 0 saturated heterocycles. The number of nitrogens with one attached hydrogen (secondary N) is 4. The zero-order valence-corrected chi connectivity index (χ0v) is 26.7. The Kier molecular flexibility index (Phi) is 20.0. The van der Waals surface area contributed by atoms with Crippen LogP contribution in [0.5, 0.6) is 11.5 Å². The smallest absolute Gasteiger partial charge is 0.319 e. The number of rotatable bonds is 24. The van der Waals surface area contributed by atoms with Crippen LogP contribution in [0.15, 0.2) is 48.5 Å². The molecule has 4 N–H and O–H groups in total. The molecule has 0 radical (unpaired) electrons. The van der Waals surface area contributed by atoms with Gasteiger partial charge in [-0.05, 0) is 80.6 Å². The molecule has 0 heterocycles. The van der Waals surface area contributed by atoms with Crippen molar-refractivity contribution in [3.05, 3.63) is 48.5 Å². The summed E-state index contributed by atoms with van der Waals surface area (Å²) >= 11 is 0. The molecule has 0 bridgehead atoms. The maximum Gasteiger partial charge on any atom is 0.319 e. The Hall–Kier alpha value is -3.42. The van der Waals surface area contributed by atoms with E-state index in [1.54, 1.807) is 0 Å². The van der Waals surface area contributed by atoms with Crippen LogP contribution in [0.4, 0.5) is 21.0 Å². The van der Waals surface area contributed by atoms with E-state index in [0.717, 1.165) is 67.8 Å². The second-order valence-electron chi connectivity index (χ2n) is 11.1. The summed E-state index contributed by atoms with van der Waals surface area (Å²) in [6.07, 6.45) is 17.3. The number of hydrogen-bond acceptors (Lipinski definition) is 4. The molecule has 0 spiro atoms. The van der Waals surface area contributed by atoms with Crippen molar-refractivity contribution in [2.24, 2.45) is 0 Å². The van der Waals surface area contributed by atoms with Crippen molar-refractivity contribution in [2.45, 2.75) is 110 Å². The highest BCUT2D eigenvalue weighted by molar-refractivity contribution is 5.89. The molecule has 0 aliphatic rings. The summed E-state index contributed by atoms with van der Waals surface area (Å²) in [4.78, 5) is 24.1. The van der Waals surface area contributed by atoms with E-state index in [1.807, 2.05) is 48.5 Å². The minimum absolute atomic E-state index is 0.168. The molecule has 0 atom stereocenters. The van der Waals surface area contributed by atoms with E-state index < -0.39 is 0 Å². The van der Waals surface area contributed by atoms with Gasteiger partial charge in [-0.2, -0.15) is 0 Å². The van der Waals surface area contributed by atoms with E-state index in [2.05, 4.69) is 35.1 Å². The average Bonchev–Trinajstić information content (AvgIpc) is 3.01. The normalized spacial score (nSPS) is 10.7. The maximum atomic E-state index is 12.1. The fourth-order valence-corrected chi connectivity index (χ4v) is 4.60. The van der Waals surface area contributed by atoms with Crippen molar-refractivity contribution in [2.75, 3.05) is 36.9 Å². The molecular weight excluding hydrogens is 540 g/mol. The topological polar surface area (TPSA) is 101 Å². The number of anilines is 2. The van der Waals surface area contributed by atoms with E-state index in [0.29, 0.717) is 26.3 Å². The van der Waals surface area contributed by atoms with Crippen LogP contribution < -0.4 is 30.7 Å². The molecular formula is C35H56N4O4. The molecule has 0 unspecified atom stereocenters. The molecule has 0 aliphatic carbocycles. The van der Waals surface area contributed by atoms with Gasteiger partial charge in [0.2, 0.25) is 0 Å². The van der Waals surface area contributed by atoms with Gasteiger partial charge in [-0.3, -0.25) is 0 Å². The number of unbranched alkanes of at least 4 members (excludes halogenated alkanes) is 12. The molecule has 0 saturated carbocycles. The summed E-state index contributed by atoms with van der Waals surface area (Å²) in [6.45, 7) is 7.10. The van der Waals surface area contributed by atoms with Crippen LogP contribution in [0.3, 0.4) is 0 Å². The molecule has 0 aliphatic heterocycles. The van der Waals surface area contributed by atoms with E-state index in [1.165, 1.54) is 51.4 Å². The van der Waals surface area contributed by atoms with E-state index in [4.69, 9.17) is 9.47 Å². The highest BCUT2D eigenvalue weighted by Gasteiger charge is 2.04. The zero-order chi connectivity index (χ0) is 30.8. The van der Waals surface area contributed by atoms with Crippen molar-refractivity contribution in [3.63, 3.8) is 0 Å². The Morgan fingerprint density at radius 1 is 0.488 bits per heavy atom. The van der Waals surface area contributed by atoms with Gasteiger partial charge in [-0.1, -0.05) is 78.1 Å². The average molecular weight is 597 g/mol. The first-order valence-corrected chi connectivity index (χ1v) is 16.7. The molecule has 2 aromatic rings. The van der Waals surface area contributed by atoms with E-state index in [-0.39, 0.29) is 12.1 Å². The lowest BCUT2D eigenvalue weighted by molar-refractivity contribution is 0.251. The second-order valence-corrected chi connectivity index (χ2v) is 11.1. The Morgan fingerprint density at radius 3 is 1.23 bits per heavy atom. The highest BCUT2D eigenvalue weighted by atomic mass is 16.5. The van der Waals surface area contributed by atoms with E-state index in [9.17, 15) is 9.59 Å². The third-order valence-corrected chi connectivity index (χ3v) is 7.18. The van der Waals surface area contributed by atoms with Gasteiger partial charge in [0.25, 0.3) is 0 Å². The van der Waals surface area contributed by atoms with Crippen LogP contribution in [0.25, 0.3) is 0 Å². The van der Waals surface area contributed by atoms with Crippen LogP contribution in [0.2, 0.25) is 0 Å². The Bertz CT molecular complexity index is 903. The summed E-state index contributed by atoms with van der Waals surface area (Å²) in [6, 6.07) is 14.6. The van der Waals surface area contributed by atoms with Gasteiger partial charge in [-0.25, -0.2) is 9.59 Å². The number of ether oxygens (including phenoxy) is 2. The SMILES string of the molecule is CCCCCCCCNC(=O)Nc1ccc(OCCCCCOc2ccc(NC(=O)NCCCCCCCC)cc2)cc1. The molecule has 43 heavy (non-hydrogen) atoms. The van der Waals surface area contributed by atoms with Crippen molar-refractivity contribution in [1.29, 1.82) is 0 Å². The monoisotopic (exact) mass is 596 g/mol. The van der Waals surface area contributed by atoms with Gasteiger partial charge < -0.3 is 30.7 Å². The molecule has 2 rings (SSSR count). The van der Waals surface area contributed by atoms with Crippen LogP contribution in [-0.4, -0.2) is 38.4 Å². The predicted molar refractivity (Wildman–Crippen MR) is 179 cm³/mol. The van der Waals surface area contributed by atoms with Crippen molar-refractivity contribution < 1.29 is 19.1 Å². The van der Waals surface area contributed by atoms with Crippen LogP contribution >= 0.6 is 0 Å². The standard InChI is InChI=1S/C35H56N4O4/c1-3-5-7-9-11-14-26-36-34(40)38-30-18-22-32(23-19-30)42-28-16-13-17-29-43-33-24-20-31(21-25-33)39-35(41)37-27-15-12-10-8-6-4-2/h18-25H,3-17,26-29H2,1-2H3,(H2,36,38,40)(H2,37,39,41). The van der Waals surface area contributed by atoms with Crippen LogP contribution in [0.1, 0.15) is 110 Å². The fraction of sp³-hybridized carbons (Fsp3) is 0.600. The summed E-state index contributed by atoms with van der Waals surface area (Å²) in [5, 5.41) is 11.6. The number of amides is 4. The minimum Gasteiger partial charge on any atom is -0.494 e. The third-order valence-electron chi connectivity index (χ3n) is 7.18. The van der Waals surface area contributed by atoms with Gasteiger partial charge in [0, 0.05) is 24.5 Å². The number of hydrogen-bond donors (Lipinski definition) is 4. The first kappa shape index (κ1) is 35.8. The van der Waals surface area contributed by atoms with Gasteiger partial charge in [0.05, 0.1) is 13.2 Å². The molecule has 8 nitrogen and oxygen atoms in total. The summed E-state index contributed by atoms with van der Waals surface area (Å²) < 4.78 is 11.7. The molecule has 4 amide bonds. The quantitative estimate of drug-likeness (QED) is 0.0907. The molecule has 8 heteroatoms. The van der Waals surface area contributed by atoms with Gasteiger partial charge >= 0.3 is 12.1 Å². The molecule has 0 fully saturated rings. The Balaban J connectivity index is 1.47. The van der Waals surface area contributed by atoms with Crippen molar-refractivity contribution >= 4 is 23.4 Å². The Labute approximate surface area is 260 Å².